The van der Waals surface area contributed by atoms with E-state index >= 15 is 0 Å². The van der Waals surface area contributed by atoms with Gasteiger partial charge in [-0.15, -0.1) is 0 Å². The predicted molar refractivity (Wildman–Crippen MR) is 67.6 cm³/mol. The van der Waals surface area contributed by atoms with Gasteiger partial charge in [-0.2, -0.15) is 0 Å². The molecule has 0 aliphatic heterocycles. The van der Waals surface area contributed by atoms with Crippen LogP contribution >= 0.6 is 0 Å². The standard InChI is InChI=1S/C15H20O/c1-2-6-12-7-3-4-10-15(12)13-8-5-9-14(16)11-13/h2,5-6,8-9,11-12,15-16H,3-4,7,10H2,1H3/b6-2-. The fourth-order valence-corrected chi connectivity index (χ4v) is 2.81. The molecule has 0 heterocycles. The summed E-state index contributed by atoms with van der Waals surface area (Å²) in [7, 11) is 0. The molecule has 1 nitrogen and oxygen atoms in total. The number of hydrogen-bond acceptors (Lipinski definition) is 1. The maximum Gasteiger partial charge on any atom is 0.115 e. The molecule has 0 saturated heterocycles. The Hall–Kier alpha value is -1.24. The average molecular weight is 216 g/mol. The van der Waals surface area contributed by atoms with E-state index in [0.29, 0.717) is 17.6 Å². The number of phenols is 1. The fourth-order valence-electron chi connectivity index (χ4n) is 2.81. The third-order valence-corrected chi connectivity index (χ3v) is 3.56. The number of allylic oxidation sites excluding steroid dienone is 2. The summed E-state index contributed by atoms with van der Waals surface area (Å²) < 4.78 is 0. The maximum absolute atomic E-state index is 9.54. The average Bonchev–Trinajstić information content (AvgIpc) is 2.30. The van der Waals surface area contributed by atoms with Crippen molar-refractivity contribution in [2.24, 2.45) is 5.92 Å². The van der Waals surface area contributed by atoms with Crippen LogP contribution in [0, 0.1) is 5.92 Å². The van der Waals surface area contributed by atoms with E-state index in [-0.39, 0.29) is 0 Å². The Kier molecular flexibility index (Phi) is 3.66. The third-order valence-electron chi connectivity index (χ3n) is 3.56. The Labute approximate surface area is 97.8 Å². The monoisotopic (exact) mass is 216 g/mol. The first-order valence-corrected chi connectivity index (χ1v) is 6.23. The molecule has 16 heavy (non-hydrogen) atoms. The zero-order chi connectivity index (χ0) is 11.4. The molecular formula is C15H20O. The Morgan fingerprint density at radius 2 is 2.06 bits per heavy atom. The van der Waals surface area contributed by atoms with E-state index < -0.39 is 0 Å². The highest BCUT2D eigenvalue weighted by atomic mass is 16.3. The largest absolute Gasteiger partial charge is 0.508 e. The Morgan fingerprint density at radius 3 is 2.81 bits per heavy atom. The summed E-state index contributed by atoms with van der Waals surface area (Å²) in [4.78, 5) is 0. The van der Waals surface area contributed by atoms with Crippen molar-refractivity contribution in [1.29, 1.82) is 0 Å². The summed E-state index contributed by atoms with van der Waals surface area (Å²) >= 11 is 0. The number of hydrogen-bond donors (Lipinski definition) is 1. The fraction of sp³-hybridized carbons (Fsp3) is 0.467. The summed E-state index contributed by atoms with van der Waals surface area (Å²) in [5.41, 5.74) is 1.29. The van der Waals surface area contributed by atoms with Crippen molar-refractivity contribution in [1.82, 2.24) is 0 Å². The van der Waals surface area contributed by atoms with Crippen LogP contribution in [-0.2, 0) is 0 Å². The molecule has 2 atom stereocenters. The zero-order valence-corrected chi connectivity index (χ0v) is 9.89. The van der Waals surface area contributed by atoms with Crippen LogP contribution in [0.5, 0.6) is 5.75 Å². The molecule has 1 heteroatoms. The molecule has 0 spiro atoms. The minimum atomic E-state index is 0.391. The number of phenolic OH excluding ortho intramolecular Hbond substituents is 1. The van der Waals surface area contributed by atoms with Crippen molar-refractivity contribution in [3.8, 4) is 5.75 Å². The molecule has 86 valence electrons. The third kappa shape index (κ3) is 2.46. The van der Waals surface area contributed by atoms with Gasteiger partial charge in [0.1, 0.15) is 5.75 Å². The molecule has 1 aliphatic carbocycles. The second kappa shape index (κ2) is 5.20. The van der Waals surface area contributed by atoms with Crippen molar-refractivity contribution in [2.75, 3.05) is 0 Å². The smallest absolute Gasteiger partial charge is 0.115 e. The number of rotatable bonds is 2. The highest BCUT2D eigenvalue weighted by molar-refractivity contribution is 5.31. The van der Waals surface area contributed by atoms with E-state index in [1.54, 1.807) is 6.07 Å². The van der Waals surface area contributed by atoms with E-state index in [1.807, 2.05) is 12.1 Å². The van der Waals surface area contributed by atoms with Gasteiger partial charge in [0, 0.05) is 0 Å². The number of aromatic hydroxyl groups is 1. The van der Waals surface area contributed by atoms with Gasteiger partial charge < -0.3 is 5.11 Å². The topological polar surface area (TPSA) is 20.2 Å². The van der Waals surface area contributed by atoms with Crippen LogP contribution in [0.2, 0.25) is 0 Å². The van der Waals surface area contributed by atoms with Gasteiger partial charge in [-0.1, -0.05) is 37.1 Å². The van der Waals surface area contributed by atoms with Gasteiger partial charge in [-0.05, 0) is 49.3 Å². The van der Waals surface area contributed by atoms with Crippen molar-refractivity contribution >= 4 is 0 Å². The van der Waals surface area contributed by atoms with E-state index in [4.69, 9.17) is 0 Å². The quantitative estimate of drug-likeness (QED) is 0.733. The van der Waals surface area contributed by atoms with Crippen LogP contribution in [0.15, 0.2) is 36.4 Å². The molecule has 0 amide bonds. The zero-order valence-electron chi connectivity index (χ0n) is 9.89. The molecule has 1 aliphatic rings. The van der Waals surface area contributed by atoms with E-state index in [0.717, 1.165) is 0 Å². The van der Waals surface area contributed by atoms with Gasteiger partial charge in [0.05, 0.1) is 0 Å². The van der Waals surface area contributed by atoms with Gasteiger partial charge in [-0.25, -0.2) is 0 Å². The molecule has 0 radical (unpaired) electrons. The lowest BCUT2D eigenvalue weighted by molar-refractivity contribution is 0.360. The van der Waals surface area contributed by atoms with E-state index in [1.165, 1.54) is 31.2 Å². The van der Waals surface area contributed by atoms with Gasteiger partial charge >= 0.3 is 0 Å². The summed E-state index contributed by atoms with van der Waals surface area (Å²) in [6, 6.07) is 7.77. The van der Waals surface area contributed by atoms with E-state index in [2.05, 4.69) is 25.1 Å². The summed E-state index contributed by atoms with van der Waals surface area (Å²) in [6.45, 7) is 2.09. The molecule has 1 aromatic carbocycles. The second-order valence-corrected chi connectivity index (χ2v) is 4.68. The van der Waals surface area contributed by atoms with E-state index in [9.17, 15) is 5.11 Å². The lowest BCUT2D eigenvalue weighted by Gasteiger charge is -2.30. The van der Waals surface area contributed by atoms with Crippen LogP contribution in [0.3, 0.4) is 0 Å². The highest BCUT2D eigenvalue weighted by Gasteiger charge is 2.24. The Balaban J connectivity index is 2.22. The van der Waals surface area contributed by atoms with Crippen LogP contribution in [0.25, 0.3) is 0 Å². The van der Waals surface area contributed by atoms with Crippen LogP contribution in [-0.4, -0.2) is 5.11 Å². The first-order valence-electron chi connectivity index (χ1n) is 6.23. The lowest BCUT2D eigenvalue weighted by Crippen LogP contribution is -2.15. The molecule has 1 saturated carbocycles. The lowest BCUT2D eigenvalue weighted by atomic mass is 9.75. The Bertz CT molecular complexity index is 367. The van der Waals surface area contributed by atoms with Crippen molar-refractivity contribution < 1.29 is 5.11 Å². The van der Waals surface area contributed by atoms with Crippen molar-refractivity contribution in [2.45, 2.75) is 38.5 Å². The molecule has 1 fully saturated rings. The number of benzene rings is 1. The van der Waals surface area contributed by atoms with Gasteiger partial charge in [0.15, 0.2) is 0 Å². The molecule has 2 unspecified atom stereocenters. The van der Waals surface area contributed by atoms with Crippen molar-refractivity contribution in [3.63, 3.8) is 0 Å². The molecule has 1 N–H and O–H groups in total. The Morgan fingerprint density at radius 1 is 1.25 bits per heavy atom. The molecular weight excluding hydrogens is 196 g/mol. The minimum absolute atomic E-state index is 0.391. The summed E-state index contributed by atoms with van der Waals surface area (Å²) in [5, 5.41) is 9.54. The SMILES string of the molecule is C/C=C\C1CCCCC1c1cccc(O)c1. The summed E-state index contributed by atoms with van der Waals surface area (Å²) in [5.74, 6) is 1.64. The molecule has 2 rings (SSSR count). The molecule has 0 bridgehead atoms. The van der Waals surface area contributed by atoms with Crippen molar-refractivity contribution in [3.05, 3.63) is 42.0 Å². The maximum atomic E-state index is 9.54. The second-order valence-electron chi connectivity index (χ2n) is 4.68. The molecule has 1 aromatic rings. The first kappa shape index (κ1) is 11.3. The van der Waals surface area contributed by atoms with Gasteiger partial charge in [0.25, 0.3) is 0 Å². The van der Waals surface area contributed by atoms with Gasteiger partial charge in [0.2, 0.25) is 0 Å². The first-order chi connectivity index (χ1) is 7.81. The van der Waals surface area contributed by atoms with Crippen LogP contribution in [0.1, 0.15) is 44.1 Å². The predicted octanol–water partition coefficient (Wildman–Crippen LogP) is 4.24. The normalized spacial score (nSPS) is 26.1. The summed E-state index contributed by atoms with van der Waals surface area (Å²) in [6.07, 6.45) is 9.67. The minimum Gasteiger partial charge on any atom is -0.508 e. The molecule has 0 aromatic heterocycles. The van der Waals surface area contributed by atoms with Crippen LogP contribution < -0.4 is 0 Å². The van der Waals surface area contributed by atoms with Gasteiger partial charge in [-0.3, -0.25) is 0 Å². The van der Waals surface area contributed by atoms with Crippen LogP contribution in [0.4, 0.5) is 0 Å². The highest BCUT2D eigenvalue weighted by Crippen LogP contribution is 2.39.